The van der Waals surface area contributed by atoms with E-state index in [1.807, 2.05) is 13.8 Å². The fourth-order valence-corrected chi connectivity index (χ4v) is 0. The lowest BCUT2D eigenvalue weighted by Gasteiger charge is -2.09. The first kappa shape index (κ1) is 10.0. The van der Waals surface area contributed by atoms with Crippen LogP contribution in [-0.2, 0) is 0 Å². The smallest absolute Gasteiger partial charge is 0.0979 e. The minimum absolute atomic E-state index is 0. The van der Waals surface area contributed by atoms with Gasteiger partial charge in [-0.3, -0.25) is 0 Å². The molecule has 0 amide bonds. The molecule has 1 N–H and O–H groups in total. The first-order chi connectivity index (χ1) is 3.00. The van der Waals surface area contributed by atoms with Crippen molar-refractivity contribution >= 4 is 0 Å². The number of hydrogen-bond donors (Lipinski definition) is 1. The third-order valence-corrected chi connectivity index (χ3v) is 0. The normalized spacial score (nSPS) is 9.43. The fourth-order valence-electron chi connectivity index (χ4n) is 0. The Kier molecular flexibility index (Phi) is 5.85. The molecular formula is C5H16NO+. The predicted molar refractivity (Wildman–Crippen MR) is 31.2 cm³/mol. The van der Waals surface area contributed by atoms with Gasteiger partial charge in [0, 0.05) is 0 Å². The lowest BCUT2D eigenvalue weighted by Crippen LogP contribution is -2.28. The molecule has 7 heavy (non-hydrogen) atoms. The number of hydrogen-bond acceptors (Lipinski definition) is 1. The van der Waals surface area contributed by atoms with E-state index in [0.717, 1.165) is 0 Å². The van der Waals surface area contributed by atoms with Crippen LogP contribution in [0, 0.1) is 0 Å². The van der Waals surface area contributed by atoms with Gasteiger partial charge in [0.1, 0.15) is 0 Å². The number of rotatable bonds is 0. The van der Waals surface area contributed by atoms with Gasteiger partial charge < -0.3 is 0 Å². The molecule has 2 heteroatoms. The lowest BCUT2D eigenvalue weighted by molar-refractivity contribution is -1.06. The Hall–Kier alpha value is -0.0800. The zero-order valence-corrected chi connectivity index (χ0v) is 5.89. The van der Waals surface area contributed by atoms with Gasteiger partial charge in [0.25, 0.3) is 0 Å². The second kappa shape index (κ2) is 4.09. The van der Waals surface area contributed by atoms with Crippen LogP contribution in [0.4, 0.5) is 0 Å². The van der Waals surface area contributed by atoms with Crippen LogP contribution >= 0.6 is 0 Å². The molecule has 0 aliphatic heterocycles. The monoisotopic (exact) mass is 106 g/mol. The van der Waals surface area contributed by atoms with Gasteiger partial charge in [-0.2, -0.15) is 4.65 Å². The lowest BCUT2D eigenvalue weighted by atomic mass is 11.0. The highest BCUT2D eigenvalue weighted by Gasteiger charge is 1.92. The van der Waals surface area contributed by atoms with Gasteiger partial charge in [-0.1, -0.05) is 13.8 Å². The van der Waals surface area contributed by atoms with Crippen LogP contribution in [0.2, 0.25) is 0 Å². The average molecular weight is 106 g/mol. The van der Waals surface area contributed by atoms with Crippen molar-refractivity contribution in [2.24, 2.45) is 0 Å². The second-order valence-corrected chi connectivity index (χ2v) is 1.94. The van der Waals surface area contributed by atoms with Crippen molar-refractivity contribution in [2.45, 2.75) is 13.8 Å². The molecule has 0 aromatic rings. The van der Waals surface area contributed by atoms with Gasteiger partial charge in [-0.25, -0.2) is 5.21 Å². The molecule has 0 spiro atoms. The first-order valence-corrected chi connectivity index (χ1v) is 2.54. The third kappa shape index (κ3) is 14200. The summed E-state index contributed by atoms with van der Waals surface area (Å²) in [5, 5.41) is 8.46. The minimum atomic E-state index is 0. The highest BCUT2D eigenvalue weighted by molar-refractivity contribution is 3.72. The van der Waals surface area contributed by atoms with E-state index >= 15 is 0 Å². The maximum absolute atomic E-state index is 8.46. The average Bonchev–Trinajstić information content (AvgIpc) is 1.36. The molecule has 46 valence electrons. The summed E-state index contributed by atoms with van der Waals surface area (Å²) in [5.74, 6) is 0. The molecule has 0 saturated heterocycles. The molecule has 0 saturated carbocycles. The summed E-state index contributed by atoms with van der Waals surface area (Å²) in [7, 11) is 5.04. The van der Waals surface area contributed by atoms with Gasteiger partial charge >= 0.3 is 0 Å². The van der Waals surface area contributed by atoms with Gasteiger partial charge in [-0.15, -0.1) is 0 Å². The topological polar surface area (TPSA) is 20.2 Å². The molecule has 0 heterocycles. The molecule has 0 atom stereocenters. The second-order valence-electron chi connectivity index (χ2n) is 1.94. The highest BCUT2D eigenvalue weighted by Crippen LogP contribution is 1.72. The number of hydroxylamine groups is 3. The summed E-state index contributed by atoms with van der Waals surface area (Å²) >= 11 is 0. The zero-order valence-electron chi connectivity index (χ0n) is 5.89. The Morgan fingerprint density at radius 3 is 1.00 bits per heavy atom. The van der Waals surface area contributed by atoms with E-state index in [9.17, 15) is 0 Å². The van der Waals surface area contributed by atoms with Crippen LogP contribution in [0.1, 0.15) is 13.8 Å². The fraction of sp³-hybridized carbons (Fsp3) is 1.00. The quantitative estimate of drug-likeness (QED) is 0.362. The molecule has 0 unspecified atom stereocenters. The van der Waals surface area contributed by atoms with Gasteiger partial charge in [0.05, 0.1) is 21.1 Å². The Morgan fingerprint density at radius 1 is 1.00 bits per heavy atom. The van der Waals surface area contributed by atoms with E-state index in [4.69, 9.17) is 5.21 Å². The van der Waals surface area contributed by atoms with Crippen molar-refractivity contribution in [1.82, 2.24) is 0 Å². The summed E-state index contributed by atoms with van der Waals surface area (Å²) in [5.41, 5.74) is 0. The SMILES string of the molecule is CC.C[N+](C)(C)O. The number of nitrogens with zero attached hydrogens (tertiary/aromatic N) is 1. The van der Waals surface area contributed by atoms with Crippen molar-refractivity contribution in [3.8, 4) is 0 Å². The highest BCUT2D eigenvalue weighted by atomic mass is 16.5. The van der Waals surface area contributed by atoms with E-state index < -0.39 is 0 Å². The Morgan fingerprint density at radius 2 is 1.00 bits per heavy atom. The molecular weight excluding hydrogens is 90.1 g/mol. The zero-order chi connectivity index (χ0) is 6.50. The van der Waals surface area contributed by atoms with E-state index in [-0.39, 0.29) is 4.65 Å². The van der Waals surface area contributed by atoms with Crippen LogP contribution in [-0.4, -0.2) is 31.0 Å². The summed E-state index contributed by atoms with van der Waals surface area (Å²) < 4.78 is 0. The van der Waals surface area contributed by atoms with Crippen molar-refractivity contribution in [1.29, 1.82) is 0 Å². The van der Waals surface area contributed by atoms with E-state index in [1.54, 1.807) is 21.1 Å². The third-order valence-electron chi connectivity index (χ3n) is 0. The molecule has 0 aliphatic rings. The molecule has 0 fully saturated rings. The minimum Gasteiger partial charge on any atom is -0.218 e. The van der Waals surface area contributed by atoms with E-state index in [1.165, 1.54) is 0 Å². The summed E-state index contributed by atoms with van der Waals surface area (Å²) in [4.78, 5) is 0. The molecule has 0 aliphatic carbocycles. The molecule has 0 aromatic carbocycles. The predicted octanol–water partition coefficient (Wildman–Crippen LogP) is 1.11. The Balaban J connectivity index is 0. The van der Waals surface area contributed by atoms with Crippen LogP contribution < -0.4 is 0 Å². The van der Waals surface area contributed by atoms with Gasteiger partial charge in [0.2, 0.25) is 0 Å². The van der Waals surface area contributed by atoms with Crippen LogP contribution in [0.15, 0.2) is 0 Å². The largest absolute Gasteiger partial charge is 0.218 e. The van der Waals surface area contributed by atoms with Crippen molar-refractivity contribution < 1.29 is 9.85 Å². The van der Waals surface area contributed by atoms with E-state index in [2.05, 4.69) is 0 Å². The molecule has 0 aromatic heterocycles. The summed E-state index contributed by atoms with van der Waals surface area (Å²) in [6, 6.07) is 0. The maximum Gasteiger partial charge on any atom is 0.0979 e. The standard InChI is InChI=1S/C3H10NO.C2H6/c1-4(2,3)5;1-2/h5H,1-3H3;1-2H3/q+1;. The van der Waals surface area contributed by atoms with Crippen LogP contribution in [0.3, 0.4) is 0 Å². The van der Waals surface area contributed by atoms with Crippen molar-refractivity contribution in [3.63, 3.8) is 0 Å². The van der Waals surface area contributed by atoms with Gasteiger partial charge in [0.15, 0.2) is 0 Å². The van der Waals surface area contributed by atoms with Crippen molar-refractivity contribution in [2.75, 3.05) is 21.1 Å². The summed E-state index contributed by atoms with van der Waals surface area (Å²) in [6.07, 6.45) is 0. The Labute approximate surface area is 45.9 Å². The molecule has 2 nitrogen and oxygen atoms in total. The maximum atomic E-state index is 8.46. The van der Waals surface area contributed by atoms with Crippen LogP contribution in [0.5, 0.6) is 0 Å². The molecule has 0 bridgehead atoms. The summed E-state index contributed by atoms with van der Waals surface area (Å²) in [6.45, 7) is 4.00. The molecule has 0 radical (unpaired) electrons. The Bertz CT molecular complexity index is 23.6. The molecule has 0 rings (SSSR count). The van der Waals surface area contributed by atoms with Gasteiger partial charge in [-0.05, 0) is 0 Å². The number of quaternary nitrogens is 1. The van der Waals surface area contributed by atoms with Crippen LogP contribution in [0.25, 0.3) is 0 Å². The van der Waals surface area contributed by atoms with E-state index in [0.29, 0.717) is 0 Å². The first-order valence-electron chi connectivity index (χ1n) is 2.54. The van der Waals surface area contributed by atoms with Crippen molar-refractivity contribution in [3.05, 3.63) is 0 Å².